The van der Waals surface area contributed by atoms with Crippen LogP contribution in [0, 0.1) is 0 Å². The molecule has 0 aliphatic heterocycles. The van der Waals surface area contributed by atoms with Crippen LogP contribution in [0.4, 0.5) is 5.69 Å². The number of thioether (sulfide) groups is 1. The van der Waals surface area contributed by atoms with Gasteiger partial charge in [0.1, 0.15) is 0 Å². The van der Waals surface area contributed by atoms with Gasteiger partial charge in [0, 0.05) is 4.90 Å². The van der Waals surface area contributed by atoms with Gasteiger partial charge in [0.2, 0.25) is 5.76 Å². The maximum absolute atomic E-state index is 11.7. The number of ether oxygens (including phenoxy) is 1. The SMILES string of the molecule is CSc1ccccc1NC(=O)COC(=O)c1ccco1. The molecule has 0 unspecified atom stereocenters. The van der Waals surface area contributed by atoms with Crippen molar-refractivity contribution in [3.63, 3.8) is 0 Å². The van der Waals surface area contributed by atoms with E-state index in [4.69, 9.17) is 9.15 Å². The first-order chi connectivity index (χ1) is 9.70. The Hall–Kier alpha value is -2.21. The summed E-state index contributed by atoms with van der Waals surface area (Å²) >= 11 is 1.52. The summed E-state index contributed by atoms with van der Waals surface area (Å²) in [5.41, 5.74) is 0.694. The number of anilines is 1. The molecule has 0 aliphatic carbocycles. The molecule has 0 radical (unpaired) electrons. The molecule has 0 fully saturated rings. The molecule has 0 spiro atoms. The molecule has 0 bridgehead atoms. The van der Waals surface area contributed by atoms with Crippen LogP contribution in [0.2, 0.25) is 0 Å². The number of carbonyl (C=O) groups excluding carboxylic acids is 2. The summed E-state index contributed by atoms with van der Waals surface area (Å²) in [6.07, 6.45) is 3.29. The molecule has 1 amide bonds. The summed E-state index contributed by atoms with van der Waals surface area (Å²) in [6, 6.07) is 10.4. The number of amides is 1. The van der Waals surface area contributed by atoms with Crippen molar-refractivity contribution in [3.8, 4) is 0 Å². The average Bonchev–Trinajstić information content (AvgIpc) is 2.99. The third kappa shape index (κ3) is 3.64. The Kier molecular flexibility index (Phi) is 4.84. The molecule has 1 aromatic carbocycles. The molecule has 104 valence electrons. The van der Waals surface area contributed by atoms with Crippen molar-refractivity contribution in [2.75, 3.05) is 18.2 Å². The number of nitrogens with one attached hydrogen (secondary N) is 1. The topological polar surface area (TPSA) is 68.5 Å². The van der Waals surface area contributed by atoms with Crippen molar-refractivity contribution >= 4 is 29.3 Å². The second-order valence-corrected chi connectivity index (χ2v) is 4.65. The third-order valence-corrected chi connectivity index (χ3v) is 3.23. The van der Waals surface area contributed by atoms with Crippen molar-refractivity contribution < 1.29 is 18.7 Å². The number of rotatable bonds is 5. The van der Waals surface area contributed by atoms with Crippen molar-refractivity contribution in [2.45, 2.75) is 4.90 Å². The predicted octanol–water partition coefficient (Wildman–Crippen LogP) is 2.80. The lowest BCUT2D eigenvalue weighted by Gasteiger charge is -2.09. The molecule has 0 aliphatic rings. The van der Waals surface area contributed by atoms with Gasteiger partial charge in [-0.15, -0.1) is 11.8 Å². The van der Waals surface area contributed by atoms with E-state index in [1.54, 1.807) is 12.1 Å². The van der Waals surface area contributed by atoms with Crippen LogP contribution in [-0.4, -0.2) is 24.7 Å². The highest BCUT2D eigenvalue weighted by Gasteiger charge is 2.13. The first-order valence-corrected chi connectivity index (χ1v) is 7.06. The lowest BCUT2D eigenvalue weighted by Crippen LogP contribution is -2.21. The minimum absolute atomic E-state index is 0.0716. The van der Waals surface area contributed by atoms with E-state index in [0.717, 1.165) is 4.90 Å². The number of esters is 1. The number of benzene rings is 1. The highest BCUT2D eigenvalue weighted by molar-refractivity contribution is 7.98. The predicted molar refractivity (Wildman–Crippen MR) is 75.8 cm³/mol. The van der Waals surface area contributed by atoms with Gasteiger partial charge in [-0.05, 0) is 30.5 Å². The summed E-state index contributed by atoms with van der Waals surface area (Å²) in [4.78, 5) is 24.2. The summed E-state index contributed by atoms with van der Waals surface area (Å²) in [5, 5.41) is 2.69. The third-order valence-electron chi connectivity index (χ3n) is 2.44. The second kappa shape index (κ2) is 6.81. The van der Waals surface area contributed by atoms with Crippen LogP contribution >= 0.6 is 11.8 Å². The van der Waals surface area contributed by atoms with Crippen molar-refractivity contribution in [1.29, 1.82) is 0 Å². The van der Waals surface area contributed by atoms with E-state index >= 15 is 0 Å². The van der Waals surface area contributed by atoms with Gasteiger partial charge in [-0.3, -0.25) is 4.79 Å². The van der Waals surface area contributed by atoms with E-state index < -0.39 is 11.9 Å². The van der Waals surface area contributed by atoms with Crippen LogP contribution in [0.15, 0.2) is 52.0 Å². The maximum Gasteiger partial charge on any atom is 0.374 e. The first kappa shape index (κ1) is 14.2. The van der Waals surface area contributed by atoms with Gasteiger partial charge in [-0.1, -0.05) is 12.1 Å². The number of hydrogen-bond acceptors (Lipinski definition) is 5. The van der Waals surface area contributed by atoms with E-state index in [1.807, 2.05) is 24.5 Å². The Morgan fingerprint density at radius 3 is 2.75 bits per heavy atom. The zero-order valence-electron chi connectivity index (χ0n) is 10.8. The maximum atomic E-state index is 11.7. The zero-order chi connectivity index (χ0) is 14.4. The summed E-state index contributed by atoms with van der Waals surface area (Å²) in [5.74, 6) is -0.989. The highest BCUT2D eigenvalue weighted by atomic mass is 32.2. The van der Waals surface area contributed by atoms with Gasteiger partial charge < -0.3 is 14.5 Å². The molecular formula is C14H13NO4S. The van der Waals surface area contributed by atoms with E-state index in [1.165, 1.54) is 24.1 Å². The Bertz CT molecular complexity index is 595. The number of hydrogen-bond donors (Lipinski definition) is 1. The van der Waals surface area contributed by atoms with Crippen LogP contribution in [-0.2, 0) is 9.53 Å². The fourth-order valence-corrected chi connectivity index (χ4v) is 2.08. The molecule has 1 N–H and O–H groups in total. The summed E-state index contributed by atoms with van der Waals surface area (Å²) in [6.45, 7) is -0.359. The smallest absolute Gasteiger partial charge is 0.374 e. The lowest BCUT2D eigenvalue weighted by molar-refractivity contribution is -0.119. The first-order valence-electron chi connectivity index (χ1n) is 5.84. The largest absolute Gasteiger partial charge is 0.457 e. The Morgan fingerprint density at radius 2 is 2.05 bits per heavy atom. The fraction of sp³-hybridized carbons (Fsp3) is 0.143. The number of para-hydroxylation sites is 1. The molecule has 0 atom stereocenters. The van der Waals surface area contributed by atoms with Gasteiger partial charge in [0.05, 0.1) is 12.0 Å². The lowest BCUT2D eigenvalue weighted by atomic mass is 10.3. The molecule has 2 aromatic rings. The van der Waals surface area contributed by atoms with Gasteiger partial charge in [0.25, 0.3) is 5.91 Å². The van der Waals surface area contributed by atoms with Crippen LogP contribution < -0.4 is 5.32 Å². The fourth-order valence-electron chi connectivity index (χ4n) is 1.53. The van der Waals surface area contributed by atoms with E-state index in [9.17, 15) is 9.59 Å². The minimum atomic E-state index is -0.664. The molecule has 5 nitrogen and oxygen atoms in total. The van der Waals surface area contributed by atoms with Gasteiger partial charge in [-0.2, -0.15) is 0 Å². The molecule has 1 heterocycles. The summed E-state index contributed by atoms with van der Waals surface area (Å²) < 4.78 is 9.72. The van der Waals surface area contributed by atoms with Gasteiger partial charge >= 0.3 is 5.97 Å². The van der Waals surface area contributed by atoms with Crippen LogP contribution in [0.1, 0.15) is 10.6 Å². The number of furan rings is 1. The molecular weight excluding hydrogens is 278 g/mol. The standard InChI is InChI=1S/C14H13NO4S/c1-20-12-7-3-2-5-10(12)15-13(16)9-19-14(17)11-6-4-8-18-11/h2-8H,9H2,1H3,(H,15,16). The van der Waals surface area contributed by atoms with E-state index in [0.29, 0.717) is 5.69 Å². The summed E-state index contributed by atoms with van der Waals surface area (Å²) in [7, 11) is 0. The normalized spacial score (nSPS) is 10.1. The van der Waals surface area contributed by atoms with Crippen LogP contribution in [0.25, 0.3) is 0 Å². The van der Waals surface area contributed by atoms with Crippen LogP contribution in [0.5, 0.6) is 0 Å². The average molecular weight is 291 g/mol. The second-order valence-electron chi connectivity index (χ2n) is 3.80. The molecule has 20 heavy (non-hydrogen) atoms. The molecule has 2 rings (SSSR count). The molecule has 6 heteroatoms. The quantitative estimate of drug-likeness (QED) is 0.677. The minimum Gasteiger partial charge on any atom is -0.457 e. The molecule has 0 saturated heterocycles. The van der Waals surface area contributed by atoms with Crippen molar-refractivity contribution in [2.24, 2.45) is 0 Å². The number of carbonyl (C=O) groups is 2. The van der Waals surface area contributed by atoms with Crippen molar-refractivity contribution in [3.05, 3.63) is 48.4 Å². The zero-order valence-corrected chi connectivity index (χ0v) is 11.6. The Balaban J connectivity index is 1.88. The Morgan fingerprint density at radius 1 is 1.25 bits per heavy atom. The monoisotopic (exact) mass is 291 g/mol. The molecule has 0 saturated carbocycles. The van der Waals surface area contributed by atoms with Crippen molar-refractivity contribution in [1.82, 2.24) is 0 Å². The van der Waals surface area contributed by atoms with E-state index in [2.05, 4.69) is 5.32 Å². The molecule has 1 aromatic heterocycles. The van der Waals surface area contributed by atoms with Gasteiger partial charge in [0.15, 0.2) is 6.61 Å². The van der Waals surface area contributed by atoms with Crippen LogP contribution in [0.3, 0.4) is 0 Å². The van der Waals surface area contributed by atoms with Gasteiger partial charge in [-0.25, -0.2) is 4.79 Å². The highest BCUT2D eigenvalue weighted by Crippen LogP contribution is 2.24. The van der Waals surface area contributed by atoms with E-state index in [-0.39, 0.29) is 12.4 Å². The Labute approximate surface area is 120 Å².